The average Bonchev–Trinajstić information content (AvgIpc) is 2.68. The molecule has 0 heterocycles. The average molecular weight is 372 g/mol. The van der Waals surface area contributed by atoms with Crippen LogP contribution in [0.1, 0.15) is 13.3 Å². The van der Waals surface area contributed by atoms with Gasteiger partial charge in [-0.15, -0.1) is 0 Å². The molecule has 2 amide bonds. The summed E-state index contributed by atoms with van der Waals surface area (Å²) in [5.41, 5.74) is 1.16. The Morgan fingerprint density at radius 2 is 1.67 bits per heavy atom. The molecular weight excluding hydrogens is 348 g/mol. The smallest absolute Gasteiger partial charge is 0.226 e. The second kappa shape index (κ2) is 9.47. The second-order valence-electron chi connectivity index (χ2n) is 5.71. The van der Waals surface area contributed by atoms with Crippen molar-refractivity contribution in [1.82, 2.24) is 0 Å². The lowest BCUT2D eigenvalue weighted by atomic mass is 10.2. The summed E-state index contributed by atoms with van der Waals surface area (Å²) in [6, 6.07) is 12.3. The first-order chi connectivity index (χ1) is 13.0. The van der Waals surface area contributed by atoms with Crippen LogP contribution < -0.4 is 24.4 Å². The third-order valence-corrected chi connectivity index (χ3v) is 4.00. The summed E-state index contributed by atoms with van der Waals surface area (Å²) in [5.74, 6) is 1.27. The van der Waals surface area contributed by atoms with E-state index in [0.717, 1.165) is 0 Å². The number of nitrogens with zero attached hydrogens (tertiary/aromatic N) is 1. The molecule has 2 aromatic rings. The standard InChI is InChI=1S/C20H24N2O5/c1-14(23)22(17-10-9-15(25-2)13-19(17)27-4)12-11-20(24)21-16-7-5-6-8-18(16)26-3/h5-10,13H,11-12H2,1-4H3,(H,21,24). The van der Waals surface area contributed by atoms with Crippen LogP contribution in [-0.4, -0.2) is 39.7 Å². The van der Waals surface area contributed by atoms with Crippen molar-refractivity contribution in [1.29, 1.82) is 0 Å². The van der Waals surface area contributed by atoms with Gasteiger partial charge in [-0.2, -0.15) is 0 Å². The predicted octanol–water partition coefficient (Wildman–Crippen LogP) is 3.09. The number of hydrogen-bond acceptors (Lipinski definition) is 5. The van der Waals surface area contributed by atoms with Crippen LogP contribution in [-0.2, 0) is 9.59 Å². The van der Waals surface area contributed by atoms with E-state index in [1.165, 1.54) is 18.9 Å². The number of methoxy groups -OCH3 is 3. The molecule has 0 fully saturated rings. The van der Waals surface area contributed by atoms with E-state index in [0.29, 0.717) is 28.6 Å². The van der Waals surface area contributed by atoms with Crippen LogP contribution in [0.25, 0.3) is 0 Å². The maximum absolute atomic E-state index is 12.3. The first-order valence-electron chi connectivity index (χ1n) is 8.43. The molecule has 0 saturated carbocycles. The van der Waals surface area contributed by atoms with Gasteiger partial charge in [-0.3, -0.25) is 9.59 Å². The van der Waals surface area contributed by atoms with Crippen LogP contribution in [0.15, 0.2) is 42.5 Å². The van der Waals surface area contributed by atoms with Gasteiger partial charge in [-0.1, -0.05) is 12.1 Å². The zero-order valence-electron chi connectivity index (χ0n) is 15.9. The summed E-state index contributed by atoms with van der Waals surface area (Å²) < 4.78 is 15.8. The summed E-state index contributed by atoms with van der Waals surface area (Å²) in [4.78, 5) is 26.0. The van der Waals surface area contributed by atoms with Crippen molar-refractivity contribution in [2.45, 2.75) is 13.3 Å². The van der Waals surface area contributed by atoms with Crippen LogP contribution in [0.3, 0.4) is 0 Å². The highest BCUT2D eigenvalue weighted by Crippen LogP contribution is 2.32. The molecule has 0 bridgehead atoms. The number of ether oxygens (including phenoxy) is 3. The molecule has 27 heavy (non-hydrogen) atoms. The summed E-state index contributed by atoms with van der Waals surface area (Å²) in [7, 11) is 4.61. The third kappa shape index (κ3) is 5.13. The Hall–Kier alpha value is -3.22. The van der Waals surface area contributed by atoms with E-state index in [1.54, 1.807) is 44.6 Å². The van der Waals surface area contributed by atoms with Gasteiger partial charge in [0.25, 0.3) is 0 Å². The first kappa shape index (κ1) is 20.1. The highest BCUT2D eigenvalue weighted by Gasteiger charge is 2.18. The Kier molecular flexibility index (Phi) is 7.05. The molecule has 0 saturated heterocycles. The monoisotopic (exact) mass is 372 g/mol. The topological polar surface area (TPSA) is 77.1 Å². The minimum absolute atomic E-state index is 0.118. The number of carbonyl (C=O) groups excluding carboxylic acids is 2. The Bertz CT molecular complexity index is 807. The fourth-order valence-corrected chi connectivity index (χ4v) is 2.63. The maximum Gasteiger partial charge on any atom is 0.226 e. The van der Waals surface area contributed by atoms with Crippen molar-refractivity contribution in [2.24, 2.45) is 0 Å². The van der Waals surface area contributed by atoms with Gasteiger partial charge in [-0.25, -0.2) is 0 Å². The van der Waals surface area contributed by atoms with E-state index < -0.39 is 0 Å². The Balaban J connectivity index is 2.11. The van der Waals surface area contributed by atoms with Gasteiger partial charge in [0.15, 0.2) is 0 Å². The summed E-state index contributed by atoms with van der Waals surface area (Å²) in [6.07, 6.45) is 0.118. The van der Waals surface area contributed by atoms with Crippen molar-refractivity contribution < 1.29 is 23.8 Å². The quantitative estimate of drug-likeness (QED) is 0.770. The van der Waals surface area contributed by atoms with E-state index in [2.05, 4.69) is 5.32 Å². The number of hydrogen-bond donors (Lipinski definition) is 1. The predicted molar refractivity (Wildman–Crippen MR) is 104 cm³/mol. The highest BCUT2D eigenvalue weighted by atomic mass is 16.5. The number of amides is 2. The largest absolute Gasteiger partial charge is 0.497 e. The third-order valence-electron chi connectivity index (χ3n) is 4.00. The summed E-state index contributed by atoms with van der Waals surface area (Å²) in [6.45, 7) is 1.65. The molecule has 0 spiro atoms. The van der Waals surface area contributed by atoms with Crippen LogP contribution >= 0.6 is 0 Å². The van der Waals surface area contributed by atoms with Crippen molar-refractivity contribution >= 4 is 23.2 Å². The van der Waals surface area contributed by atoms with E-state index in [1.807, 2.05) is 12.1 Å². The fraction of sp³-hybridized carbons (Fsp3) is 0.300. The molecule has 0 unspecified atom stereocenters. The number of anilines is 2. The van der Waals surface area contributed by atoms with E-state index in [9.17, 15) is 9.59 Å². The van der Waals surface area contributed by atoms with E-state index in [4.69, 9.17) is 14.2 Å². The van der Waals surface area contributed by atoms with Crippen LogP contribution in [0.2, 0.25) is 0 Å². The molecule has 1 N–H and O–H groups in total. The molecular formula is C20H24N2O5. The zero-order chi connectivity index (χ0) is 19.8. The molecule has 2 aromatic carbocycles. The molecule has 2 rings (SSSR count). The van der Waals surface area contributed by atoms with Crippen LogP contribution in [0, 0.1) is 0 Å². The van der Waals surface area contributed by atoms with Gasteiger partial charge in [0.1, 0.15) is 17.2 Å². The van der Waals surface area contributed by atoms with Gasteiger partial charge in [-0.05, 0) is 24.3 Å². The summed E-state index contributed by atoms with van der Waals surface area (Å²) in [5, 5.41) is 2.80. The Labute approximate surface area is 158 Å². The maximum atomic E-state index is 12.3. The number of benzene rings is 2. The zero-order valence-corrected chi connectivity index (χ0v) is 15.9. The number of carbonyl (C=O) groups is 2. The highest BCUT2D eigenvalue weighted by molar-refractivity contribution is 5.96. The van der Waals surface area contributed by atoms with Gasteiger partial charge >= 0.3 is 0 Å². The lowest BCUT2D eigenvalue weighted by Crippen LogP contribution is -2.32. The fourth-order valence-electron chi connectivity index (χ4n) is 2.63. The van der Waals surface area contributed by atoms with Gasteiger partial charge < -0.3 is 24.4 Å². The van der Waals surface area contributed by atoms with Gasteiger partial charge in [0.2, 0.25) is 11.8 Å². The molecule has 0 atom stereocenters. The van der Waals surface area contributed by atoms with E-state index in [-0.39, 0.29) is 24.8 Å². The number of para-hydroxylation sites is 2. The minimum Gasteiger partial charge on any atom is -0.497 e. The Morgan fingerprint density at radius 1 is 0.963 bits per heavy atom. The number of nitrogens with one attached hydrogen (secondary N) is 1. The van der Waals surface area contributed by atoms with Gasteiger partial charge in [0.05, 0.1) is 32.7 Å². The Morgan fingerprint density at radius 3 is 2.30 bits per heavy atom. The molecule has 0 radical (unpaired) electrons. The van der Waals surface area contributed by atoms with E-state index >= 15 is 0 Å². The minimum atomic E-state index is -0.224. The van der Waals surface area contributed by atoms with Crippen molar-refractivity contribution in [2.75, 3.05) is 38.1 Å². The first-order valence-corrected chi connectivity index (χ1v) is 8.43. The number of rotatable bonds is 8. The lowest BCUT2D eigenvalue weighted by Gasteiger charge is -2.23. The molecule has 0 aliphatic rings. The van der Waals surface area contributed by atoms with Crippen molar-refractivity contribution in [3.63, 3.8) is 0 Å². The normalized spacial score (nSPS) is 10.1. The molecule has 0 aromatic heterocycles. The molecule has 144 valence electrons. The SMILES string of the molecule is COc1ccc(N(CCC(=O)Nc2ccccc2OC)C(C)=O)c(OC)c1. The van der Waals surface area contributed by atoms with Crippen molar-refractivity contribution in [3.05, 3.63) is 42.5 Å². The lowest BCUT2D eigenvalue weighted by molar-refractivity contribution is -0.117. The van der Waals surface area contributed by atoms with Crippen molar-refractivity contribution in [3.8, 4) is 17.2 Å². The van der Waals surface area contributed by atoms with Gasteiger partial charge in [0, 0.05) is 26.0 Å². The molecule has 0 aliphatic carbocycles. The second-order valence-corrected chi connectivity index (χ2v) is 5.71. The van der Waals surface area contributed by atoms with Crippen LogP contribution in [0.5, 0.6) is 17.2 Å². The molecule has 7 heteroatoms. The summed E-state index contributed by atoms with van der Waals surface area (Å²) >= 11 is 0. The molecule has 7 nitrogen and oxygen atoms in total. The van der Waals surface area contributed by atoms with Crippen LogP contribution in [0.4, 0.5) is 11.4 Å². The molecule has 0 aliphatic heterocycles.